The Bertz CT molecular complexity index is 907. The molecule has 0 spiro atoms. The molecule has 3 heterocycles. The number of methoxy groups -OCH3 is 1. The van der Waals surface area contributed by atoms with Crippen LogP contribution in [-0.4, -0.2) is 79.6 Å². The highest BCUT2D eigenvalue weighted by molar-refractivity contribution is 5.94. The van der Waals surface area contributed by atoms with E-state index >= 15 is 0 Å². The van der Waals surface area contributed by atoms with Crippen LogP contribution in [0, 0.1) is 12.7 Å². The van der Waals surface area contributed by atoms with Crippen molar-refractivity contribution >= 4 is 18.0 Å². The predicted octanol–water partition coefficient (Wildman–Crippen LogP) is 4.15. The Hall–Kier alpha value is -3.04. The van der Waals surface area contributed by atoms with Crippen LogP contribution in [-0.2, 0) is 14.3 Å². The molecule has 2 aliphatic rings. The van der Waals surface area contributed by atoms with E-state index in [0.717, 1.165) is 56.8 Å². The Kier molecular flexibility index (Phi) is 15.0. The highest BCUT2D eigenvalue weighted by atomic mass is 19.1. The topological polar surface area (TPSA) is 84.0 Å². The van der Waals surface area contributed by atoms with Gasteiger partial charge in [-0.15, -0.1) is 0 Å². The summed E-state index contributed by atoms with van der Waals surface area (Å²) < 4.78 is 22.5. The summed E-state index contributed by atoms with van der Waals surface area (Å²) >= 11 is 0. The van der Waals surface area contributed by atoms with Crippen LogP contribution in [0.2, 0.25) is 0 Å². The standard InChI is InChI=1S/C12H16N2O2.C7H7FO.C6H12N2O.C2H6/c1-8-7-10(5-6-13-8)14-12(15)11-4-3-9(2)16-11;1-9-7-4-2-3-6(8)5-7;1-7-2-4-8(6-9)5-3-7;1-2/h5-7,9,11H,3-4H2,1-2H3,(H,13,14,15);2-5H,1H3;6H,2-5H2,1H3;1-2H3. The van der Waals surface area contributed by atoms with Gasteiger partial charge in [0.1, 0.15) is 17.7 Å². The van der Waals surface area contributed by atoms with Crippen molar-refractivity contribution in [3.63, 3.8) is 0 Å². The maximum absolute atomic E-state index is 12.3. The van der Waals surface area contributed by atoms with Gasteiger partial charge in [0.15, 0.2) is 0 Å². The van der Waals surface area contributed by atoms with Crippen LogP contribution >= 0.6 is 0 Å². The minimum atomic E-state index is -0.302. The Morgan fingerprint density at radius 1 is 1.17 bits per heavy atom. The molecular weight excluding hydrogens is 463 g/mol. The maximum atomic E-state index is 12.3. The Morgan fingerprint density at radius 3 is 2.36 bits per heavy atom. The average Bonchev–Trinajstić information content (AvgIpc) is 3.33. The van der Waals surface area contributed by atoms with Crippen LogP contribution < -0.4 is 10.1 Å². The molecule has 0 radical (unpaired) electrons. The van der Waals surface area contributed by atoms with Crippen LogP contribution in [0.15, 0.2) is 42.6 Å². The number of nitrogens with one attached hydrogen (secondary N) is 1. The first kappa shape index (κ1) is 31.0. The quantitative estimate of drug-likeness (QED) is 0.630. The smallest absolute Gasteiger partial charge is 0.253 e. The number of aryl methyl sites for hydroxylation is 1. The van der Waals surface area contributed by atoms with Crippen LogP contribution in [0.1, 0.15) is 39.3 Å². The van der Waals surface area contributed by atoms with Crippen molar-refractivity contribution < 1.29 is 23.5 Å². The number of piperazine rings is 1. The zero-order valence-corrected chi connectivity index (χ0v) is 22.4. The summed E-state index contributed by atoms with van der Waals surface area (Å²) in [4.78, 5) is 30.1. The first-order valence-corrected chi connectivity index (χ1v) is 12.4. The van der Waals surface area contributed by atoms with Crippen molar-refractivity contribution in [1.29, 1.82) is 0 Å². The summed E-state index contributed by atoms with van der Waals surface area (Å²) in [5.41, 5.74) is 1.67. The highest BCUT2D eigenvalue weighted by Gasteiger charge is 2.28. The molecule has 0 aliphatic carbocycles. The van der Waals surface area contributed by atoms with E-state index in [4.69, 9.17) is 9.47 Å². The summed E-state index contributed by atoms with van der Waals surface area (Å²) in [5.74, 6) is 0.222. The lowest BCUT2D eigenvalue weighted by molar-refractivity contribution is -0.126. The van der Waals surface area contributed by atoms with Crippen molar-refractivity contribution in [1.82, 2.24) is 14.8 Å². The van der Waals surface area contributed by atoms with Gasteiger partial charge < -0.3 is 24.6 Å². The molecule has 2 unspecified atom stereocenters. The first-order chi connectivity index (χ1) is 17.3. The van der Waals surface area contributed by atoms with Gasteiger partial charge in [-0.05, 0) is 58.0 Å². The Balaban J connectivity index is 0.000000278. The number of hydrogen-bond donors (Lipinski definition) is 1. The van der Waals surface area contributed by atoms with Crippen molar-refractivity contribution in [3.05, 3.63) is 54.1 Å². The normalized spacial score (nSPS) is 18.8. The molecule has 9 heteroatoms. The molecular formula is C27H41FN4O4. The van der Waals surface area contributed by atoms with Gasteiger partial charge in [-0.1, -0.05) is 19.9 Å². The van der Waals surface area contributed by atoms with Crippen molar-refractivity contribution in [2.45, 2.75) is 52.7 Å². The van der Waals surface area contributed by atoms with Crippen molar-refractivity contribution in [2.24, 2.45) is 0 Å². The second kappa shape index (κ2) is 17.4. The number of pyridine rings is 1. The molecule has 2 aromatic rings. The first-order valence-electron chi connectivity index (χ1n) is 12.4. The Morgan fingerprint density at radius 2 is 1.86 bits per heavy atom. The fourth-order valence-corrected chi connectivity index (χ4v) is 3.36. The van der Waals surface area contributed by atoms with Crippen LogP contribution in [0.3, 0.4) is 0 Å². The van der Waals surface area contributed by atoms with Crippen molar-refractivity contribution in [2.75, 3.05) is 45.7 Å². The molecule has 0 bridgehead atoms. The highest BCUT2D eigenvalue weighted by Crippen LogP contribution is 2.20. The summed E-state index contributed by atoms with van der Waals surface area (Å²) in [6.07, 6.45) is 4.25. The lowest BCUT2D eigenvalue weighted by Crippen LogP contribution is -2.43. The van der Waals surface area contributed by atoms with Gasteiger partial charge >= 0.3 is 0 Å². The van der Waals surface area contributed by atoms with E-state index in [1.165, 1.54) is 19.2 Å². The number of rotatable bonds is 4. The monoisotopic (exact) mass is 504 g/mol. The maximum Gasteiger partial charge on any atom is 0.253 e. The third-order valence-electron chi connectivity index (χ3n) is 5.41. The second-order valence-electron chi connectivity index (χ2n) is 8.29. The number of anilines is 1. The number of aromatic nitrogens is 1. The molecule has 1 aromatic heterocycles. The number of benzene rings is 1. The number of nitrogens with zero attached hydrogens (tertiary/aromatic N) is 3. The third-order valence-corrected chi connectivity index (χ3v) is 5.41. The largest absolute Gasteiger partial charge is 0.497 e. The van der Waals surface area contributed by atoms with Gasteiger partial charge in [0.05, 0.1) is 13.2 Å². The van der Waals surface area contributed by atoms with Gasteiger partial charge in [0.2, 0.25) is 6.41 Å². The molecule has 2 amide bonds. The zero-order chi connectivity index (χ0) is 26.9. The van der Waals surface area contributed by atoms with E-state index in [2.05, 4.69) is 22.2 Å². The number of halogens is 1. The van der Waals surface area contributed by atoms with Crippen LogP contribution in [0.25, 0.3) is 0 Å². The number of likely N-dealkylation sites (N-methyl/N-ethyl adjacent to an activating group) is 1. The van der Waals surface area contributed by atoms with E-state index in [-0.39, 0.29) is 23.9 Å². The molecule has 0 saturated carbocycles. The molecule has 1 aromatic carbocycles. The molecule has 36 heavy (non-hydrogen) atoms. The second-order valence-corrected chi connectivity index (χ2v) is 8.29. The van der Waals surface area contributed by atoms with Crippen LogP contribution in [0.4, 0.5) is 10.1 Å². The molecule has 2 fully saturated rings. The molecule has 2 saturated heterocycles. The summed E-state index contributed by atoms with van der Waals surface area (Å²) in [6, 6.07) is 9.64. The minimum Gasteiger partial charge on any atom is -0.497 e. The fourth-order valence-electron chi connectivity index (χ4n) is 3.36. The SMILES string of the molecule is CC.CN1CCN(C=O)CC1.COc1cccc(F)c1.Cc1cc(NC(=O)C2CCC(C)O2)ccn1. The van der Waals surface area contributed by atoms with Gasteiger partial charge in [-0.2, -0.15) is 0 Å². The van der Waals surface area contributed by atoms with E-state index in [1.807, 2.05) is 33.8 Å². The van der Waals surface area contributed by atoms with Crippen LogP contribution in [0.5, 0.6) is 5.75 Å². The van der Waals surface area contributed by atoms with E-state index in [1.54, 1.807) is 29.3 Å². The number of carbonyl (C=O) groups is 2. The predicted molar refractivity (Wildman–Crippen MR) is 141 cm³/mol. The molecule has 1 N–H and O–H groups in total. The van der Waals surface area contributed by atoms with E-state index < -0.39 is 0 Å². The number of amides is 2. The average molecular weight is 505 g/mol. The van der Waals surface area contributed by atoms with Crippen molar-refractivity contribution in [3.8, 4) is 5.75 Å². The Labute approximate surface area is 214 Å². The lowest BCUT2D eigenvalue weighted by Gasteiger charge is -2.29. The minimum absolute atomic E-state index is 0.0602. The number of hydrogen-bond acceptors (Lipinski definition) is 6. The molecule has 4 rings (SSSR count). The molecule has 200 valence electrons. The number of carbonyl (C=O) groups excluding carboxylic acids is 2. The third kappa shape index (κ3) is 12.1. The lowest BCUT2D eigenvalue weighted by atomic mass is 10.2. The van der Waals surface area contributed by atoms with E-state index in [0.29, 0.717) is 5.75 Å². The zero-order valence-electron chi connectivity index (χ0n) is 22.4. The van der Waals surface area contributed by atoms with Gasteiger partial charge in [0.25, 0.3) is 5.91 Å². The molecule has 8 nitrogen and oxygen atoms in total. The van der Waals surface area contributed by atoms with Gasteiger partial charge in [-0.3, -0.25) is 14.6 Å². The summed E-state index contributed by atoms with van der Waals surface area (Å²) in [6.45, 7) is 11.7. The van der Waals surface area contributed by atoms with E-state index in [9.17, 15) is 14.0 Å². The fraction of sp³-hybridized carbons (Fsp3) is 0.519. The number of ether oxygens (including phenoxy) is 2. The van der Waals surface area contributed by atoms with Gasteiger partial charge in [-0.25, -0.2) is 4.39 Å². The van der Waals surface area contributed by atoms with Gasteiger partial charge in [0, 0.05) is 49.8 Å². The summed E-state index contributed by atoms with van der Waals surface area (Å²) in [5, 5.41) is 2.84. The molecule has 2 aliphatic heterocycles. The molecule has 2 atom stereocenters. The summed E-state index contributed by atoms with van der Waals surface area (Å²) in [7, 11) is 3.58.